The second-order valence-electron chi connectivity index (χ2n) is 2.57. The third-order valence-electron chi connectivity index (χ3n) is 1.49. The van der Waals surface area contributed by atoms with Crippen molar-refractivity contribution in [1.29, 1.82) is 0 Å². The van der Waals surface area contributed by atoms with Crippen molar-refractivity contribution in [3.05, 3.63) is 16.8 Å². The average molecular weight is 242 g/mol. The van der Waals surface area contributed by atoms with Crippen LogP contribution in [0.1, 0.15) is 0 Å². The summed E-state index contributed by atoms with van der Waals surface area (Å²) in [6.45, 7) is 0. The maximum atomic E-state index is 10.3. The zero-order valence-electron chi connectivity index (χ0n) is 7.41. The molecule has 0 saturated heterocycles. The Morgan fingerprint density at radius 1 is 1.60 bits per heavy atom. The quantitative estimate of drug-likeness (QED) is 0.826. The lowest BCUT2D eigenvalue weighted by Gasteiger charge is -1.88. The molecule has 0 aromatic carbocycles. The second-order valence-corrected chi connectivity index (χ2v) is 4.27. The van der Waals surface area contributed by atoms with Gasteiger partial charge in [-0.2, -0.15) is 11.3 Å². The van der Waals surface area contributed by atoms with Crippen molar-refractivity contribution in [2.45, 2.75) is 5.22 Å². The number of aliphatic carboxylic acids is 1. The van der Waals surface area contributed by atoms with E-state index >= 15 is 0 Å². The molecule has 0 fully saturated rings. The van der Waals surface area contributed by atoms with Crippen LogP contribution in [0.4, 0.5) is 0 Å². The first-order valence-corrected chi connectivity index (χ1v) is 5.89. The summed E-state index contributed by atoms with van der Waals surface area (Å²) >= 11 is 2.54. The first-order chi connectivity index (χ1) is 7.25. The zero-order chi connectivity index (χ0) is 10.7. The molecular formula is C8H6N2O3S2. The molecular weight excluding hydrogens is 236 g/mol. The number of carboxylic acid groups (broad SMARTS) is 1. The van der Waals surface area contributed by atoms with Gasteiger partial charge in [-0.25, -0.2) is 0 Å². The van der Waals surface area contributed by atoms with Gasteiger partial charge in [-0.15, -0.1) is 10.2 Å². The minimum absolute atomic E-state index is 0.0781. The number of thiophene rings is 1. The first kappa shape index (κ1) is 10.2. The third-order valence-corrected chi connectivity index (χ3v) is 2.98. The Morgan fingerprint density at radius 2 is 2.47 bits per heavy atom. The SMILES string of the molecule is O=C(O)CSc1nnc(-c2ccsc2)o1. The summed E-state index contributed by atoms with van der Waals surface area (Å²) in [6, 6.07) is 1.86. The summed E-state index contributed by atoms with van der Waals surface area (Å²) in [5.41, 5.74) is 0.856. The van der Waals surface area contributed by atoms with Gasteiger partial charge in [-0.3, -0.25) is 4.79 Å². The summed E-state index contributed by atoms with van der Waals surface area (Å²) in [7, 11) is 0. The van der Waals surface area contributed by atoms with Crippen LogP contribution in [0, 0.1) is 0 Å². The smallest absolute Gasteiger partial charge is 0.314 e. The number of thioether (sulfide) groups is 1. The Bertz CT molecular complexity index is 452. The number of aromatic nitrogens is 2. The molecule has 78 valence electrons. The molecule has 2 aromatic rings. The number of carboxylic acids is 1. The van der Waals surface area contributed by atoms with Gasteiger partial charge in [0.05, 0.1) is 0 Å². The van der Waals surface area contributed by atoms with Crippen LogP contribution in [-0.4, -0.2) is 27.0 Å². The number of nitrogens with zero attached hydrogens (tertiary/aromatic N) is 2. The van der Waals surface area contributed by atoms with E-state index in [-0.39, 0.29) is 11.0 Å². The fraction of sp³-hybridized carbons (Fsp3) is 0.125. The van der Waals surface area contributed by atoms with Crippen molar-refractivity contribution in [3.8, 4) is 11.5 Å². The van der Waals surface area contributed by atoms with Crippen molar-refractivity contribution < 1.29 is 14.3 Å². The highest BCUT2D eigenvalue weighted by molar-refractivity contribution is 7.99. The molecule has 2 aromatic heterocycles. The molecule has 5 nitrogen and oxygen atoms in total. The molecule has 0 saturated carbocycles. The fourth-order valence-corrected chi connectivity index (χ4v) is 2.01. The number of carbonyl (C=O) groups is 1. The average Bonchev–Trinajstić information content (AvgIpc) is 2.85. The lowest BCUT2D eigenvalue weighted by molar-refractivity contribution is -0.133. The van der Waals surface area contributed by atoms with Gasteiger partial charge < -0.3 is 9.52 Å². The van der Waals surface area contributed by atoms with E-state index in [9.17, 15) is 4.79 Å². The highest BCUT2D eigenvalue weighted by Gasteiger charge is 2.10. The van der Waals surface area contributed by atoms with Crippen LogP contribution >= 0.6 is 23.1 Å². The van der Waals surface area contributed by atoms with Gasteiger partial charge in [0.1, 0.15) is 5.75 Å². The summed E-state index contributed by atoms with van der Waals surface area (Å²) in [4.78, 5) is 10.3. The van der Waals surface area contributed by atoms with Gasteiger partial charge in [-0.05, 0) is 11.4 Å². The third kappa shape index (κ3) is 2.57. The Balaban J connectivity index is 2.08. The normalized spacial score (nSPS) is 10.4. The standard InChI is InChI=1S/C8H6N2O3S2/c11-6(12)4-15-8-10-9-7(13-8)5-1-2-14-3-5/h1-3H,4H2,(H,11,12). The molecule has 0 amide bonds. The molecule has 0 aliphatic carbocycles. The second kappa shape index (κ2) is 4.45. The van der Waals surface area contributed by atoms with Crippen molar-refractivity contribution in [1.82, 2.24) is 10.2 Å². The van der Waals surface area contributed by atoms with Gasteiger partial charge in [0, 0.05) is 10.9 Å². The largest absolute Gasteiger partial charge is 0.481 e. The molecule has 2 heterocycles. The fourth-order valence-electron chi connectivity index (χ4n) is 0.894. The minimum atomic E-state index is -0.907. The Labute approximate surface area is 93.1 Å². The maximum Gasteiger partial charge on any atom is 0.314 e. The Hall–Kier alpha value is -1.34. The van der Waals surface area contributed by atoms with Crippen LogP contribution in [0.5, 0.6) is 0 Å². The van der Waals surface area contributed by atoms with E-state index < -0.39 is 5.97 Å². The molecule has 0 radical (unpaired) electrons. The molecule has 0 aliphatic heterocycles. The molecule has 1 N–H and O–H groups in total. The molecule has 0 spiro atoms. The van der Waals surface area contributed by atoms with E-state index in [2.05, 4.69) is 10.2 Å². The van der Waals surface area contributed by atoms with E-state index in [1.165, 1.54) is 11.3 Å². The summed E-state index contributed by atoms with van der Waals surface area (Å²) < 4.78 is 5.26. The topological polar surface area (TPSA) is 76.2 Å². The van der Waals surface area contributed by atoms with Crippen molar-refractivity contribution >= 4 is 29.1 Å². The number of hydrogen-bond acceptors (Lipinski definition) is 6. The molecule has 0 unspecified atom stereocenters. The predicted molar refractivity (Wildman–Crippen MR) is 56.0 cm³/mol. The van der Waals surface area contributed by atoms with Gasteiger partial charge in [0.25, 0.3) is 5.22 Å². The Kier molecular flexibility index (Phi) is 3.02. The van der Waals surface area contributed by atoms with Crippen LogP contribution in [0.15, 0.2) is 26.5 Å². The van der Waals surface area contributed by atoms with E-state index in [1.807, 2.05) is 16.8 Å². The molecule has 0 bridgehead atoms. The van der Waals surface area contributed by atoms with Crippen molar-refractivity contribution in [2.75, 3.05) is 5.75 Å². The predicted octanol–water partition coefficient (Wildman–Crippen LogP) is 1.97. The molecule has 7 heteroatoms. The molecule has 0 atom stereocenters. The van der Waals surface area contributed by atoms with Crippen molar-refractivity contribution in [3.63, 3.8) is 0 Å². The van der Waals surface area contributed by atoms with E-state index in [1.54, 1.807) is 0 Å². The highest BCUT2D eigenvalue weighted by atomic mass is 32.2. The minimum Gasteiger partial charge on any atom is -0.481 e. The van der Waals surface area contributed by atoms with Gasteiger partial charge in [0.2, 0.25) is 5.89 Å². The highest BCUT2D eigenvalue weighted by Crippen LogP contribution is 2.24. The Morgan fingerprint density at radius 3 is 3.13 bits per heavy atom. The summed E-state index contributed by atoms with van der Waals surface area (Å²) in [5.74, 6) is -0.565. The zero-order valence-corrected chi connectivity index (χ0v) is 9.05. The van der Waals surface area contributed by atoms with E-state index in [0.717, 1.165) is 17.3 Å². The van der Waals surface area contributed by atoms with Crippen LogP contribution < -0.4 is 0 Å². The molecule has 0 aliphatic rings. The van der Waals surface area contributed by atoms with Gasteiger partial charge >= 0.3 is 5.97 Å². The summed E-state index contributed by atoms with van der Waals surface area (Å²) in [6.07, 6.45) is 0. The maximum absolute atomic E-state index is 10.3. The number of rotatable bonds is 4. The monoisotopic (exact) mass is 242 g/mol. The van der Waals surface area contributed by atoms with Gasteiger partial charge in [-0.1, -0.05) is 11.8 Å². The van der Waals surface area contributed by atoms with Gasteiger partial charge in [0.15, 0.2) is 0 Å². The van der Waals surface area contributed by atoms with E-state index in [0.29, 0.717) is 5.89 Å². The lowest BCUT2D eigenvalue weighted by Crippen LogP contribution is -1.97. The van der Waals surface area contributed by atoms with Crippen LogP contribution in [0.3, 0.4) is 0 Å². The van der Waals surface area contributed by atoms with Crippen LogP contribution in [0.25, 0.3) is 11.5 Å². The molecule has 2 rings (SSSR count). The first-order valence-electron chi connectivity index (χ1n) is 3.96. The number of hydrogen-bond donors (Lipinski definition) is 1. The lowest BCUT2D eigenvalue weighted by atomic mass is 10.3. The van der Waals surface area contributed by atoms with Crippen molar-refractivity contribution in [2.24, 2.45) is 0 Å². The summed E-state index contributed by atoms with van der Waals surface area (Å²) in [5, 5.41) is 20.1. The van der Waals surface area contributed by atoms with Crippen LogP contribution in [0.2, 0.25) is 0 Å². The molecule has 15 heavy (non-hydrogen) atoms. The van der Waals surface area contributed by atoms with Crippen LogP contribution in [-0.2, 0) is 4.79 Å². The van der Waals surface area contributed by atoms with E-state index in [4.69, 9.17) is 9.52 Å².